The van der Waals surface area contributed by atoms with E-state index in [4.69, 9.17) is 4.42 Å². The van der Waals surface area contributed by atoms with E-state index in [0.717, 1.165) is 6.07 Å². The first-order valence-electron chi connectivity index (χ1n) is 6.99. The summed E-state index contributed by atoms with van der Waals surface area (Å²) in [5.41, 5.74) is 1.32. The Morgan fingerprint density at radius 1 is 1.29 bits per heavy atom. The molecule has 0 atom stereocenters. The van der Waals surface area contributed by atoms with E-state index in [1.165, 1.54) is 24.6 Å². The first-order valence-corrected chi connectivity index (χ1v) is 6.99. The standard InChI is InChI=1S/C17H9FN4O2/c18-13-6-9(23)3-4-10(13)16-11(7-19)15(14-2-1-5-24-14)12-8-20-22-17(12)21-16/h1-6,8,23H,(H,20,21,22). The van der Waals surface area contributed by atoms with Crippen molar-refractivity contribution in [1.82, 2.24) is 15.2 Å². The van der Waals surface area contributed by atoms with Gasteiger partial charge in [-0.1, -0.05) is 0 Å². The molecular weight excluding hydrogens is 311 g/mol. The highest BCUT2D eigenvalue weighted by atomic mass is 19.1. The molecule has 0 saturated carbocycles. The van der Waals surface area contributed by atoms with Crippen molar-refractivity contribution >= 4 is 11.0 Å². The lowest BCUT2D eigenvalue weighted by molar-refractivity contribution is 0.469. The van der Waals surface area contributed by atoms with Crippen molar-refractivity contribution in [3.05, 3.63) is 54.2 Å². The lowest BCUT2D eigenvalue weighted by Crippen LogP contribution is -1.97. The van der Waals surface area contributed by atoms with E-state index in [-0.39, 0.29) is 22.6 Å². The molecule has 0 amide bonds. The minimum Gasteiger partial charge on any atom is -0.508 e. The minimum atomic E-state index is -0.678. The average Bonchev–Trinajstić information content (AvgIpc) is 3.24. The Morgan fingerprint density at radius 2 is 2.17 bits per heavy atom. The van der Waals surface area contributed by atoms with Crippen LogP contribution in [0.1, 0.15) is 5.56 Å². The van der Waals surface area contributed by atoms with Crippen LogP contribution in [0.15, 0.2) is 47.2 Å². The number of nitrogens with zero attached hydrogens (tertiary/aromatic N) is 3. The monoisotopic (exact) mass is 320 g/mol. The number of rotatable bonds is 2. The molecule has 24 heavy (non-hydrogen) atoms. The molecule has 0 radical (unpaired) electrons. The summed E-state index contributed by atoms with van der Waals surface area (Å²) in [7, 11) is 0. The summed E-state index contributed by atoms with van der Waals surface area (Å²) in [4.78, 5) is 4.33. The lowest BCUT2D eigenvalue weighted by Gasteiger charge is -2.10. The summed E-state index contributed by atoms with van der Waals surface area (Å²) >= 11 is 0. The second-order valence-corrected chi connectivity index (χ2v) is 5.10. The number of nitrogens with one attached hydrogen (secondary N) is 1. The fourth-order valence-corrected chi connectivity index (χ4v) is 2.64. The van der Waals surface area contributed by atoms with Crippen LogP contribution in [-0.2, 0) is 0 Å². The minimum absolute atomic E-state index is 0.105. The number of fused-ring (bicyclic) bond motifs is 1. The van der Waals surface area contributed by atoms with E-state index in [1.54, 1.807) is 12.1 Å². The van der Waals surface area contributed by atoms with Gasteiger partial charge in [0.25, 0.3) is 0 Å². The van der Waals surface area contributed by atoms with Crippen molar-refractivity contribution in [3.8, 4) is 34.4 Å². The molecule has 0 saturated heterocycles. The number of aromatic hydroxyl groups is 1. The van der Waals surface area contributed by atoms with Crippen molar-refractivity contribution in [3.63, 3.8) is 0 Å². The Balaban J connectivity index is 2.12. The maximum Gasteiger partial charge on any atom is 0.156 e. The second kappa shape index (κ2) is 5.21. The Labute approximate surface area is 134 Å². The fraction of sp³-hybridized carbons (Fsp3) is 0. The van der Waals surface area contributed by atoms with E-state index >= 15 is 0 Å². The van der Waals surface area contributed by atoms with Gasteiger partial charge >= 0.3 is 0 Å². The molecule has 7 heteroatoms. The van der Waals surface area contributed by atoms with Crippen molar-refractivity contribution in [2.75, 3.05) is 0 Å². The van der Waals surface area contributed by atoms with Gasteiger partial charge in [-0.25, -0.2) is 9.37 Å². The molecule has 1 aromatic carbocycles. The number of phenolic OH excluding ortho intramolecular Hbond substituents is 1. The van der Waals surface area contributed by atoms with Crippen LogP contribution in [0.5, 0.6) is 5.75 Å². The van der Waals surface area contributed by atoms with Gasteiger partial charge in [0, 0.05) is 17.2 Å². The normalized spacial score (nSPS) is 10.8. The van der Waals surface area contributed by atoms with Gasteiger partial charge in [-0.05, 0) is 24.3 Å². The van der Waals surface area contributed by atoms with Crippen LogP contribution in [0.2, 0.25) is 0 Å². The highest BCUT2D eigenvalue weighted by Crippen LogP contribution is 2.37. The van der Waals surface area contributed by atoms with E-state index in [9.17, 15) is 14.8 Å². The predicted octanol–water partition coefficient (Wildman–Crippen LogP) is 3.60. The molecule has 4 aromatic rings. The van der Waals surface area contributed by atoms with E-state index in [0.29, 0.717) is 22.4 Å². The van der Waals surface area contributed by atoms with Crippen LogP contribution in [0.4, 0.5) is 4.39 Å². The number of hydrogen-bond donors (Lipinski definition) is 2. The Kier molecular flexibility index (Phi) is 3.03. The molecular formula is C17H9FN4O2. The van der Waals surface area contributed by atoms with Crippen molar-refractivity contribution in [2.24, 2.45) is 0 Å². The van der Waals surface area contributed by atoms with Crippen LogP contribution >= 0.6 is 0 Å². The first-order chi connectivity index (χ1) is 11.7. The Morgan fingerprint density at radius 3 is 2.88 bits per heavy atom. The molecule has 6 nitrogen and oxygen atoms in total. The summed E-state index contributed by atoms with van der Waals surface area (Å²) in [6, 6.07) is 9.18. The molecule has 0 aliphatic heterocycles. The smallest absolute Gasteiger partial charge is 0.156 e. The highest BCUT2D eigenvalue weighted by molar-refractivity contribution is 5.97. The van der Waals surface area contributed by atoms with Gasteiger partial charge in [0.05, 0.1) is 29.1 Å². The maximum atomic E-state index is 14.3. The molecule has 2 N–H and O–H groups in total. The molecule has 0 bridgehead atoms. The summed E-state index contributed by atoms with van der Waals surface area (Å²) in [6.45, 7) is 0. The van der Waals surface area contributed by atoms with E-state index in [1.807, 2.05) is 0 Å². The quantitative estimate of drug-likeness (QED) is 0.588. The fourth-order valence-electron chi connectivity index (χ4n) is 2.64. The van der Waals surface area contributed by atoms with Gasteiger partial charge in [0.1, 0.15) is 23.4 Å². The van der Waals surface area contributed by atoms with Crippen LogP contribution in [0.25, 0.3) is 33.6 Å². The third kappa shape index (κ3) is 2.01. The molecule has 0 unspecified atom stereocenters. The molecule has 0 spiro atoms. The number of furan rings is 1. The number of H-pyrrole nitrogens is 1. The third-order valence-electron chi connectivity index (χ3n) is 3.69. The number of halogens is 1. The summed E-state index contributed by atoms with van der Waals surface area (Å²) in [5.74, 6) is -0.423. The van der Waals surface area contributed by atoms with Crippen molar-refractivity contribution in [1.29, 1.82) is 5.26 Å². The third-order valence-corrected chi connectivity index (χ3v) is 3.69. The average molecular weight is 320 g/mol. The zero-order valence-electron chi connectivity index (χ0n) is 12.1. The van der Waals surface area contributed by atoms with Gasteiger partial charge in [0.2, 0.25) is 0 Å². The van der Waals surface area contributed by atoms with Crippen LogP contribution in [-0.4, -0.2) is 20.3 Å². The maximum absolute atomic E-state index is 14.3. The number of nitriles is 1. The summed E-state index contributed by atoms with van der Waals surface area (Å²) in [6.07, 6.45) is 3.03. The number of benzene rings is 1. The van der Waals surface area contributed by atoms with Gasteiger partial charge in [-0.15, -0.1) is 0 Å². The zero-order chi connectivity index (χ0) is 16.7. The molecule has 3 heterocycles. The number of aromatic nitrogens is 3. The highest BCUT2D eigenvalue weighted by Gasteiger charge is 2.22. The largest absolute Gasteiger partial charge is 0.508 e. The summed E-state index contributed by atoms with van der Waals surface area (Å²) in [5, 5.41) is 26.3. The molecule has 116 valence electrons. The SMILES string of the molecule is N#Cc1c(-c2ccc(O)cc2F)nc2[nH]ncc2c1-c1ccco1. The topological polar surface area (TPSA) is 98.7 Å². The number of pyridine rings is 1. The van der Waals surface area contributed by atoms with Crippen molar-refractivity contribution in [2.45, 2.75) is 0 Å². The Hall–Kier alpha value is -3.66. The van der Waals surface area contributed by atoms with Crippen LogP contribution in [0, 0.1) is 17.1 Å². The van der Waals surface area contributed by atoms with Gasteiger partial charge in [0.15, 0.2) is 5.65 Å². The number of phenols is 1. The van der Waals surface area contributed by atoms with Crippen LogP contribution < -0.4 is 0 Å². The van der Waals surface area contributed by atoms with E-state index in [2.05, 4.69) is 21.3 Å². The zero-order valence-corrected chi connectivity index (χ0v) is 12.1. The predicted molar refractivity (Wildman–Crippen MR) is 83.4 cm³/mol. The van der Waals surface area contributed by atoms with Crippen molar-refractivity contribution < 1.29 is 13.9 Å². The molecule has 3 aromatic heterocycles. The molecule has 0 fully saturated rings. The van der Waals surface area contributed by atoms with Crippen LogP contribution in [0.3, 0.4) is 0 Å². The number of aromatic amines is 1. The first kappa shape index (κ1) is 14.0. The van der Waals surface area contributed by atoms with Gasteiger partial charge < -0.3 is 9.52 Å². The second-order valence-electron chi connectivity index (χ2n) is 5.10. The molecule has 0 aliphatic rings. The molecule has 4 rings (SSSR count). The number of hydrogen-bond acceptors (Lipinski definition) is 5. The van der Waals surface area contributed by atoms with Gasteiger partial charge in [-0.3, -0.25) is 5.10 Å². The van der Waals surface area contributed by atoms with Gasteiger partial charge in [-0.2, -0.15) is 10.4 Å². The lowest BCUT2D eigenvalue weighted by atomic mass is 9.97. The molecule has 0 aliphatic carbocycles. The summed E-state index contributed by atoms with van der Waals surface area (Å²) < 4.78 is 19.7. The van der Waals surface area contributed by atoms with E-state index < -0.39 is 5.82 Å². The Bertz CT molecular complexity index is 1090.